The van der Waals surface area contributed by atoms with E-state index < -0.39 is 24.5 Å². The van der Waals surface area contributed by atoms with Crippen molar-refractivity contribution in [3.8, 4) is 0 Å². The second-order valence-electron chi connectivity index (χ2n) is 11.8. The lowest BCUT2D eigenvalue weighted by Gasteiger charge is -2.25. The van der Waals surface area contributed by atoms with Crippen LogP contribution in [0.15, 0.2) is 36.4 Å². The van der Waals surface area contributed by atoms with Crippen LogP contribution >= 0.6 is 0 Å². The number of hydrogen-bond acceptors (Lipinski definition) is 4. The Morgan fingerprint density at radius 3 is 1.29 bits per heavy atom. The topological polar surface area (TPSA) is 93.1 Å². The minimum Gasteiger partial charge on any atom is -0.450 e. The summed E-state index contributed by atoms with van der Waals surface area (Å²) in [6, 6.07) is 12.1. The first-order valence-corrected chi connectivity index (χ1v) is 16.5. The maximum absolute atomic E-state index is 11.9. The van der Waals surface area contributed by atoms with Crippen LogP contribution < -0.4 is 0 Å². The van der Waals surface area contributed by atoms with Gasteiger partial charge in [-0.2, -0.15) is 0 Å². The van der Waals surface area contributed by atoms with Crippen molar-refractivity contribution < 1.29 is 29.3 Å². The molecule has 0 radical (unpaired) electrons. The Morgan fingerprint density at radius 1 is 0.571 bits per heavy atom. The maximum Gasteiger partial charge on any atom is 0.506 e. The smallest absolute Gasteiger partial charge is 0.450 e. The summed E-state index contributed by atoms with van der Waals surface area (Å²) < 4.78 is 11.2. The third-order valence-corrected chi connectivity index (χ3v) is 8.55. The lowest BCUT2D eigenvalue weighted by Crippen LogP contribution is -2.24. The van der Waals surface area contributed by atoms with E-state index in [1.165, 1.54) is 64.2 Å². The molecule has 2 atom stereocenters. The normalized spacial score (nSPS) is 13.9. The molecule has 0 heterocycles. The first-order valence-electron chi connectivity index (χ1n) is 16.5. The van der Waals surface area contributed by atoms with Gasteiger partial charge in [0.15, 0.2) is 0 Å². The van der Waals surface area contributed by atoms with E-state index in [0.29, 0.717) is 12.8 Å². The van der Waals surface area contributed by atoms with Crippen LogP contribution in [0.3, 0.4) is 0 Å². The Labute approximate surface area is 252 Å². The summed E-state index contributed by atoms with van der Waals surface area (Å²) in [5, 5.41) is 21.6. The van der Waals surface area contributed by atoms with Gasteiger partial charge in [-0.1, -0.05) is 140 Å². The molecule has 2 aromatic rings. The van der Waals surface area contributed by atoms with Crippen molar-refractivity contribution in [2.75, 3.05) is 0 Å². The van der Waals surface area contributed by atoms with Crippen molar-refractivity contribution in [2.45, 2.75) is 142 Å². The van der Waals surface area contributed by atoms with Gasteiger partial charge in [-0.25, -0.2) is 9.59 Å². The molecule has 0 bridgehead atoms. The number of hydrogen-bond donors (Lipinski definition) is 2. The predicted octanol–water partition coefficient (Wildman–Crippen LogP) is 11.3. The van der Waals surface area contributed by atoms with Crippen molar-refractivity contribution in [3.63, 3.8) is 0 Å². The summed E-state index contributed by atoms with van der Waals surface area (Å²) in [6.45, 7) is 4.43. The van der Waals surface area contributed by atoms with Gasteiger partial charge in [0, 0.05) is 11.1 Å². The summed E-state index contributed by atoms with van der Waals surface area (Å²) >= 11 is 0. The van der Waals surface area contributed by atoms with Gasteiger partial charge in [0.25, 0.3) is 0 Å². The number of rotatable bonds is 22. The highest BCUT2D eigenvalue weighted by Crippen LogP contribution is 2.48. The minimum absolute atomic E-state index is 0.558. The zero-order valence-corrected chi connectivity index (χ0v) is 25.9. The predicted molar refractivity (Wildman–Crippen MR) is 171 cm³/mol. The Bertz CT molecular complexity index is 1070. The van der Waals surface area contributed by atoms with E-state index in [2.05, 4.69) is 13.8 Å². The number of ether oxygens (including phenoxy) is 2. The van der Waals surface area contributed by atoms with Gasteiger partial charge in [-0.15, -0.1) is 0 Å². The molecule has 2 unspecified atom stereocenters. The van der Waals surface area contributed by atoms with Gasteiger partial charge in [0.2, 0.25) is 0 Å². The van der Waals surface area contributed by atoms with Crippen LogP contribution in [0.2, 0.25) is 0 Å². The van der Waals surface area contributed by atoms with E-state index in [1.54, 1.807) is 0 Å². The van der Waals surface area contributed by atoms with Gasteiger partial charge < -0.3 is 19.7 Å². The molecule has 0 fully saturated rings. The van der Waals surface area contributed by atoms with Gasteiger partial charge in [-0.3, -0.25) is 0 Å². The van der Waals surface area contributed by atoms with Gasteiger partial charge in [0.05, 0.1) is 0 Å². The van der Waals surface area contributed by atoms with Crippen LogP contribution in [-0.4, -0.2) is 34.7 Å². The fraction of sp³-hybridized carbons (Fsp3) is 0.611. The molecule has 0 spiro atoms. The first kappa shape index (κ1) is 33.5. The maximum atomic E-state index is 11.9. The zero-order chi connectivity index (χ0) is 30.2. The Hall–Kier alpha value is -3.02. The van der Waals surface area contributed by atoms with Crippen LogP contribution in [0.25, 0.3) is 21.9 Å². The van der Waals surface area contributed by atoms with Crippen molar-refractivity contribution in [3.05, 3.63) is 47.5 Å². The summed E-state index contributed by atoms with van der Waals surface area (Å²) in [6.07, 6.45) is 15.5. The van der Waals surface area contributed by atoms with Crippen molar-refractivity contribution in [1.82, 2.24) is 0 Å². The molecule has 0 saturated carbocycles. The molecule has 0 amide bonds. The van der Waals surface area contributed by atoms with Gasteiger partial charge in [0.1, 0.15) is 12.2 Å². The fourth-order valence-corrected chi connectivity index (χ4v) is 6.47. The first-order chi connectivity index (χ1) is 20.5. The molecule has 1 aliphatic carbocycles. The third-order valence-electron chi connectivity index (χ3n) is 8.55. The molecular formula is C36H52O6. The highest BCUT2D eigenvalue weighted by Gasteiger charge is 2.36. The van der Waals surface area contributed by atoms with Crippen molar-refractivity contribution in [2.24, 2.45) is 0 Å². The second kappa shape index (κ2) is 18.5. The Kier molecular flexibility index (Phi) is 14.8. The monoisotopic (exact) mass is 580 g/mol. The molecule has 0 aliphatic heterocycles. The summed E-state index contributed by atoms with van der Waals surface area (Å²) in [7, 11) is 0. The average Bonchev–Trinajstić information content (AvgIpc) is 3.30. The largest absolute Gasteiger partial charge is 0.506 e. The molecule has 232 valence electrons. The number of benzene rings is 2. The van der Waals surface area contributed by atoms with Gasteiger partial charge >= 0.3 is 12.3 Å². The van der Waals surface area contributed by atoms with Crippen LogP contribution in [-0.2, 0) is 9.47 Å². The standard InChI is InChI=1S/C36H52O6/c1-3-5-7-9-11-13-15-17-25-30(41-35(37)38)33-28-23-19-21-27-22-20-24-29(32(27)28)34(33)31(42-36(39)40)26-18-16-14-12-10-8-6-4-2/h19-24,30-31H,3-18,25-26H2,1-2H3,(H,37,38)(H,39,40). The summed E-state index contributed by atoms with van der Waals surface area (Å²) in [5.41, 5.74) is 3.41. The average molecular weight is 581 g/mol. The fourth-order valence-electron chi connectivity index (χ4n) is 6.47. The molecule has 6 heteroatoms. The minimum atomic E-state index is -1.31. The van der Waals surface area contributed by atoms with E-state index >= 15 is 0 Å². The quantitative estimate of drug-likeness (QED) is 0.106. The van der Waals surface area contributed by atoms with E-state index in [9.17, 15) is 19.8 Å². The van der Waals surface area contributed by atoms with Crippen molar-refractivity contribution >= 4 is 34.2 Å². The SMILES string of the molecule is CCCCCCCCCCC(OC(=O)O)C1=C(C(CCCCCCCCCC)OC(=O)O)c2cccc3cccc1c23. The number of carboxylic acid groups (broad SMARTS) is 2. The molecule has 42 heavy (non-hydrogen) atoms. The van der Waals surface area contributed by atoms with Crippen LogP contribution in [0.4, 0.5) is 9.59 Å². The van der Waals surface area contributed by atoms with Crippen LogP contribution in [0, 0.1) is 0 Å². The van der Waals surface area contributed by atoms with Gasteiger partial charge in [-0.05, 0) is 47.6 Å². The Morgan fingerprint density at radius 2 is 0.929 bits per heavy atom. The molecule has 1 aliphatic rings. The lowest BCUT2D eigenvalue weighted by atomic mass is 9.90. The van der Waals surface area contributed by atoms with E-state index in [4.69, 9.17) is 9.47 Å². The molecule has 3 rings (SSSR count). The van der Waals surface area contributed by atoms with E-state index in [0.717, 1.165) is 71.6 Å². The molecule has 0 saturated heterocycles. The summed E-state index contributed by atoms with van der Waals surface area (Å²) in [4.78, 5) is 23.9. The molecule has 6 nitrogen and oxygen atoms in total. The third kappa shape index (κ3) is 10.1. The lowest BCUT2D eigenvalue weighted by molar-refractivity contribution is 0.0635. The number of unbranched alkanes of at least 4 members (excludes halogenated alkanes) is 14. The van der Waals surface area contributed by atoms with Crippen molar-refractivity contribution in [1.29, 1.82) is 0 Å². The second-order valence-corrected chi connectivity index (χ2v) is 11.8. The Balaban J connectivity index is 1.84. The zero-order valence-electron chi connectivity index (χ0n) is 25.9. The molecular weight excluding hydrogens is 528 g/mol. The summed E-state index contributed by atoms with van der Waals surface area (Å²) in [5.74, 6) is 0. The van der Waals surface area contributed by atoms with E-state index in [1.807, 2.05) is 36.4 Å². The molecule has 0 aromatic heterocycles. The molecule has 2 N–H and O–H groups in total. The highest BCUT2D eigenvalue weighted by molar-refractivity contribution is 6.15. The van der Waals surface area contributed by atoms with Crippen LogP contribution in [0.5, 0.6) is 0 Å². The highest BCUT2D eigenvalue weighted by atomic mass is 16.7. The molecule has 2 aromatic carbocycles. The van der Waals surface area contributed by atoms with Crippen LogP contribution in [0.1, 0.15) is 141 Å². The van der Waals surface area contributed by atoms with E-state index in [-0.39, 0.29) is 0 Å². The number of carbonyl (C=O) groups is 2.